The van der Waals surface area contributed by atoms with E-state index in [1.54, 1.807) is 0 Å². The maximum absolute atomic E-state index is 11.7. The van der Waals surface area contributed by atoms with E-state index >= 15 is 0 Å². The van der Waals surface area contributed by atoms with E-state index in [2.05, 4.69) is 0 Å². The molecule has 0 bridgehead atoms. The van der Waals surface area contributed by atoms with E-state index in [1.807, 2.05) is 34.6 Å². The molecule has 1 rings (SSSR count). The van der Waals surface area contributed by atoms with Gasteiger partial charge in [-0.1, -0.05) is 13.8 Å². The average Bonchev–Trinajstić information content (AvgIpc) is 2.29. The second-order valence-corrected chi connectivity index (χ2v) is 5.13. The number of hydrogen-bond acceptors (Lipinski definition) is 3. The molecule has 1 unspecified atom stereocenters. The van der Waals surface area contributed by atoms with Crippen molar-refractivity contribution in [2.45, 2.75) is 53.1 Å². The third-order valence-electron chi connectivity index (χ3n) is 2.44. The predicted octanol–water partition coefficient (Wildman–Crippen LogP) is 0.243. The van der Waals surface area contributed by atoms with Crippen LogP contribution in [0.25, 0.3) is 5.73 Å². The molecule has 1 saturated heterocycles. The maximum atomic E-state index is 11.7. The molecule has 19 heavy (non-hydrogen) atoms. The smallest absolute Gasteiger partial charge is 0.667 e. The summed E-state index contributed by atoms with van der Waals surface area (Å²) in [6, 6.07) is 0. The summed E-state index contributed by atoms with van der Waals surface area (Å²) in [5.41, 5.74) is 6.55. The SMILES string of the molecule is CC.CC(C)(C)OC(=O)N1CCCC(C([NH-])=O)C1.[Rb+]. The van der Waals surface area contributed by atoms with E-state index in [9.17, 15) is 9.59 Å². The standard InChI is InChI=1S/C11H20N2O3.C2H6.Rb/c1-11(2,3)16-10(15)13-6-4-5-8(7-13)9(12)14;1-2;/h8H,4-7H2,1-3H3,(H2,12,14);1-2H3;/q;;+1/p-1. The van der Waals surface area contributed by atoms with Gasteiger partial charge in [0.2, 0.25) is 0 Å². The summed E-state index contributed by atoms with van der Waals surface area (Å²) < 4.78 is 5.22. The molecule has 106 valence electrons. The minimum absolute atomic E-state index is 0. The fraction of sp³-hybridized carbons (Fsp3) is 0.846. The summed E-state index contributed by atoms with van der Waals surface area (Å²) in [6.07, 6.45) is 1.06. The van der Waals surface area contributed by atoms with Gasteiger partial charge < -0.3 is 20.2 Å². The van der Waals surface area contributed by atoms with E-state index in [0.717, 1.165) is 6.42 Å². The summed E-state index contributed by atoms with van der Waals surface area (Å²) in [4.78, 5) is 24.2. The number of amides is 2. The van der Waals surface area contributed by atoms with Crippen molar-refractivity contribution in [1.29, 1.82) is 0 Å². The van der Waals surface area contributed by atoms with Gasteiger partial charge in [0.15, 0.2) is 0 Å². The van der Waals surface area contributed by atoms with Crippen LogP contribution >= 0.6 is 0 Å². The molecule has 1 fully saturated rings. The number of rotatable bonds is 1. The monoisotopic (exact) mass is 342 g/mol. The molecular weight excluding hydrogens is 318 g/mol. The Morgan fingerprint density at radius 1 is 1.26 bits per heavy atom. The van der Waals surface area contributed by atoms with Crippen LogP contribution in [0.3, 0.4) is 0 Å². The normalized spacial score (nSPS) is 18.6. The van der Waals surface area contributed by atoms with Gasteiger partial charge in [0.1, 0.15) is 5.60 Å². The molecule has 1 atom stereocenters. The molecule has 6 heteroatoms. The van der Waals surface area contributed by atoms with Crippen LogP contribution in [0.5, 0.6) is 0 Å². The molecular formula is C13H25N2O3Rb. The molecule has 0 aromatic heterocycles. The van der Waals surface area contributed by atoms with Crippen LogP contribution in [0.1, 0.15) is 47.5 Å². The number of nitrogens with zero attached hydrogens (tertiary/aromatic N) is 1. The summed E-state index contributed by atoms with van der Waals surface area (Å²) in [5.74, 6) is -0.936. The molecule has 1 heterocycles. The molecule has 0 aromatic rings. The Hall–Kier alpha value is 0.545. The van der Waals surface area contributed by atoms with Crippen LogP contribution in [0.15, 0.2) is 0 Å². The maximum Gasteiger partial charge on any atom is 1.00 e. The van der Waals surface area contributed by atoms with Gasteiger partial charge in [0, 0.05) is 19.0 Å². The van der Waals surface area contributed by atoms with Crippen molar-refractivity contribution in [2.24, 2.45) is 5.92 Å². The quantitative estimate of drug-likeness (QED) is 0.685. The van der Waals surface area contributed by atoms with Gasteiger partial charge in [0.25, 0.3) is 0 Å². The fourth-order valence-electron chi connectivity index (χ4n) is 1.68. The Bertz CT molecular complexity index is 290. The molecule has 0 aliphatic carbocycles. The summed E-state index contributed by atoms with van der Waals surface area (Å²) in [6.45, 7) is 10.3. The first-order valence-corrected chi connectivity index (χ1v) is 6.53. The van der Waals surface area contributed by atoms with Gasteiger partial charge in [-0.15, -0.1) is 0 Å². The Balaban J connectivity index is 0. The van der Waals surface area contributed by atoms with Crippen LogP contribution in [-0.4, -0.2) is 35.6 Å². The molecule has 0 spiro atoms. The van der Waals surface area contributed by atoms with Gasteiger partial charge in [-0.05, 0) is 33.6 Å². The Morgan fingerprint density at radius 3 is 2.21 bits per heavy atom. The summed E-state index contributed by atoms with van der Waals surface area (Å²) in [5, 5.41) is 0. The minimum atomic E-state index is -0.590. The van der Waals surface area contributed by atoms with E-state index in [-0.39, 0.29) is 64.1 Å². The van der Waals surface area contributed by atoms with E-state index in [4.69, 9.17) is 10.5 Å². The van der Waals surface area contributed by atoms with Crippen molar-refractivity contribution in [3.8, 4) is 0 Å². The van der Waals surface area contributed by atoms with Crippen molar-refractivity contribution < 1.29 is 72.5 Å². The third kappa shape index (κ3) is 9.16. The topological polar surface area (TPSA) is 70.4 Å². The number of likely N-dealkylation sites (tertiary alicyclic amines) is 1. The minimum Gasteiger partial charge on any atom is -0.667 e. The van der Waals surface area contributed by atoms with Crippen LogP contribution in [0.2, 0.25) is 0 Å². The Labute approximate surface area is 165 Å². The van der Waals surface area contributed by atoms with Crippen LogP contribution in [-0.2, 0) is 9.53 Å². The zero-order chi connectivity index (χ0) is 14.3. The zero-order valence-electron chi connectivity index (χ0n) is 13.1. The number of piperidine rings is 1. The number of carbonyl (C=O) groups excluding carboxylic acids is 2. The average molecular weight is 343 g/mol. The molecule has 5 nitrogen and oxygen atoms in total. The first-order chi connectivity index (χ1) is 8.29. The molecule has 1 aliphatic heterocycles. The molecule has 0 aromatic carbocycles. The van der Waals surface area contributed by atoms with E-state index in [1.165, 1.54) is 4.90 Å². The number of hydrogen-bond donors (Lipinski definition) is 0. The van der Waals surface area contributed by atoms with Crippen molar-refractivity contribution >= 4 is 12.0 Å². The van der Waals surface area contributed by atoms with Gasteiger partial charge in [-0.3, -0.25) is 0 Å². The van der Waals surface area contributed by atoms with Crippen molar-refractivity contribution in [2.75, 3.05) is 13.1 Å². The first kappa shape index (κ1) is 21.8. The zero-order valence-corrected chi connectivity index (χ0v) is 18.0. The predicted molar refractivity (Wildman–Crippen MR) is 71.2 cm³/mol. The molecule has 1 N–H and O–H groups in total. The van der Waals surface area contributed by atoms with E-state index in [0.29, 0.717) is 19.5 Å². The second kappa shape index (κ2) is 10.3. The molecule has 1 aliphatic rings. The number of carbonyl (C=O) groups is 2. The number of nitrogens with one attached hydrogen (secondary N) is 1. The summed E-state index contributed by atoms with van der Waals surface area (Å²) in [7, 11) is 0. The van der Waals surface area contributed by atoms with Crippen molar-refractivity contribution in [3.63, 3.8) is 0 Å². The molecule has 0 radical (unpaired) electrons. The fourth-order valence-corrected chi connectivity index (χ4v) is 1.68. The van der Waals surface area contributed by atoms with Gasteiger partial charge >= 0.3 is 64.3 Å². The van der Waals surface area contributed by atoms with Gasteiger partial charge in [-0.2, -0.15) is 0 Å². The summed E-state index contributed by atoms with van der Waals surface area (Å²) >= 11 is 0. The van der Waals surface area contributed by atoms with Crippen LogP contribution < -0.4 is 58.2 Å². The van der Waals surface area contributed by atoms with Gasteiger partial charge in [-0.25, -0.2) is 4.79 Å². The third-order valence-corrected chi connectivity index (χ3v) is 2.44. The molecule has 0 saturated carbocycles. The number of ether oxygens (including phenoxy) is 1. The van der Waals surface area contributed by atoms with Crippen molar-refractivity contribution in [1.82, 2.24) is 4.90 Å². The largest absolute Gasteiger partial charge is 1.00 e. The second-order valence-electron chi connectivity index (χ2n) is 5.13. The van der Waals surface area contributed by atoms with Crippen molar-refractivity contribution in [3.05, 3.63) is 5.73 Å². The Morgan fingerprint density at radius 2 is 1.79 bits per heavy atom. The van der Waals surface area contributed by atoms with E-state index < -0.39 is 17.6 Å². The van der Waals surface area contributed by atoms with Crippen LogP contribution in [0, 0.1) is 5.92 Å². The molecule has 2 amide bonds. The van der Waals surface area contributed by atoms with Gasteiger partial charge in [0.05, 0.1) is 5.91 Å². The first-order valence-electron chi connectivity index (χ1n) is 6.53. The van der Waals surface area contributed by atoms with Crippen LogP contribution in [0.4, 0.5) is 4.79 Å². The Kier molecular flexibility index (Phi) is 11.8.